The highest BCUT2D eigenvalue weighted by Gasteiger charge is 2.61. The number of hydrogen-bond donors (Lipinski definition) is 0. The summed E-state index contributed by atoms with van der Waals surface area (Å²) in [5.41, 5.74) is 14.2. The van der Waals surface area contributed by atoms with Gasteiger partial charge >= 0.3 is 0 Å². The molecule has 54 heavy (non-hydrogen) atoms. The van der Waals surface area contributed by atoms with E-state index in [1.807, 2.05) is 60.7 Å². The molecule has 7 aromatic rings. The van der Waals surface area contributed by atoms with Crippen LogP contribution in [0.1, 0.15) is 48.8 Å². The van der Waals surface area contributed by atoms with Gasteiger partial charge in [0.1, 0.15) is 0 Å². The van der Waals surface area contributed by atoms with Crippen LogP contribution in [0.2, 0.25) is 0 Å². The quantitative estimate of drug-likeness (QED) is 0.180. The molecule has 4 bridgehead atoms. The molecule has 5 aliphatic carbocycles. The Bertz CT molecular complexity index is 2520. The maximum absolute atomic E-state index is 9.82. The van der Waals surface area contributed by atoms with Crippen LogP contribution in [0.25, 0.3) is 67.5 Å². The van der Waals surface area contributed by atoms with E-state index in [1.54, 1.807) is 0 Å². The van der Waals surface area contributed by atoms with Gasteiger partial charge in [0.25, 0.3) is 0 Å². The summed E-state index contributed by atoms with van der Waals surface area (Å²) < 4.78 is 0. The second-order valence-corrected chi connectivity index (χ2v) is 16.0. The average Bonchev–Trinajstić information content (AvgIpc) is 3.52. The summed E-state index contributed by atoms with van der Waals surface area (Å²) in [6, 6.07) is 53.9. The van der Waals surface area contributed by atoms with Crippen LogP contribution in [-0.2, 0) is 5.41 Å². The van der Waals surface area contributed by atoms with E-state index in [4.69, 9.17) is 15.0 Å². The Labute approximate surface area is 316 Å². The Balaban J connectivity index is 0.921. The third-order valence-corrected chi connectivity index (χ3v) is 13.2. The van der Waals surface area contributed by atoms with E-state index in [0.29, 0.717) is 29.3 Å². The van der Waals surface area contributed by atoms with E-state index < -0.39 is 0 Å². The second kappa shape index (κ2) is 12.2. The largest absolute Gasteiger partial charge is 0.208 e. The van der Waals surface area contributed by atoms with Crippen LogP contribution < -0.4 is 0 Å². The van der Waals surface area contributed by atoms with Gasteiger partial charge in [0.15, 0.2) is 17.5 Å². The van der Waals surface area contributed by atoms with Gasteiger partial charge < -0.3 is 0 Å². The highest BCUT2D eigenvalue weighted by molar-refractivity contribution is 5.86. The molecule has 0 unspecified atom stereocenters. The summed E-state index contributed by atoms with van der Waals surface area (Å²) in [4.78, 5) is 14.7. The number of fused-ring (bicyclic) bond motifs is 3. The van der Waals surface area contributed by atoms with Gasteiger partial charge in [-0.1, -0.05) is 127 Å². The maximum atomic E-state index is 9.82. The van der Waals surface area contributed by atoms with Crippen LogP contribution >= 0.6 is 0 Å². The van der Waals surface area contributed by atoms with Crippen molar-refractivity contribution in [3.8, 4) is 73.6 Å². The third-order valence-electron chi connectivity index (χ3n) is 13.2. The van der Waals surface area contributed by atoms with Gasteiger partial charge in [-0.05, 0) is 118 Å². The number of nitriles is 1. The van der Waals surface area contributed by atoms with E-state index in [9.17, 15) is 5.26 Å². The molecule has 0 atom stereocenters. The molecule has 1 heterocycles. The van der Waals surface area contributed by atoms with E-state index in [2.05, 4.69) is 91.0 Å². The van der Waals surface area contributed by atoms with Gasteiger partial charge in [-0.2, -0.15) is 5.26 Å². The van der Waals surface area contributed by atoms with Crippen LogP contribution in [0.5, 0.6) is 0 Å². The van der Waals surface area contributed by atoms with Gasteiger partial charge in [0.2, 0.25) is 0 Å². The highest BCUT2D eigenvalue weighted by Crippen LogP contribution is 2.69. The number of benzene rings is 6. The Hall–Kier alpha value is -6.18. The minimum Gasteiger partial charge on any atom is -0.208 e. The smallest absolute Gasteiger partial charge is 0.164 e. The summed E-state index contributed by atoms with van der Waals surface area (Å²) >= 11 is 0. The number of nitrogens with zero attached hydrogens (tertiary/aromatic N) is 4. The lowest BCUT2D eigenvalue weighted by atomic mass is 9.43. The van der Waals surface area contributed by atoms with Crippen molar-refractivity contribution in [1.29, 1.82) is 5.26 Å². The first-order valence-corrected chi connectivity index (χ1v) is 19.4. The Morgan fingerprint density at radius 3 is 1.41 bits per heavy atom. The summed E-state index contributed by atoms with van der Waals surface area (Å²) in [5.74, 6) is 5.15. The molecule has 0 amide bonds. The molecule has 4 heteroatoms. The van der Waals surface area contributed by atoms with Crippen molar-refractivity contribution in [3.63, 3.8) is 0 Å². The van der Waals surface area contributed by atoms with Crippen molar-refractivity contribution < 1.29 is 0 Å². The molecular formula is C50H38N4. The molecule has 5 aliphatic rings. The summed E-state index contributed by atoms with van der Waals surface area (Å²) in [7, 11) is 0. The first-order chi connectivity index (χ1) is 26.6. The van der Waals surface area contributed by atoms with Gasteiger partial charge in [0.05, 0.1) is 11.6 Å². The van der Waals surface area contributed by atoms with Gasteiger partial charge in [-0.25, -0.2) is 15.0 Å². The zero-order chi connectivity index (χ0) is 35.8. The average molecular weight is 695 g/mol. The SMILES string of the molecule is N#Cc1ccc2c(c1)-c1ccc(-c3ccc(-c4ccc(-c5nc(-c6ccccc6)nc(-c6ccccc6)n5)cc4)cc3)cc1C21C2CC3CC(C2)CC1C3. The number of aromatic nitrogens is 3. The maximum Gasteiger partial charge on any atom is 0.164 e. The molecule has 258 valence electrons. The fraction of sp³-hybridized carbons (Fsp3) is 0.200. The third kappa shape index (κ3) is 4.85. The molecule has 1 aromatic heterocycles. The number of rotatable bonds is 5. The second-order valence-electron chi connectivity index (χ2n) is 16.0. The molecule has 0 saturated heterocycles. The lowest BCUT2D eigenvalue weighted by molar-refractivity contribution is -0.0399. The first-order valence-electron chi connectivity index (χ1n) is 19.4. The molecule has 0 aliphatic heterocycles. The van der Waals surface area contributed by atoms with Crippen LogP contribution in [0.15, 0.2) is 146 Å². The lowest BCUT2D eigenvalue weighted by Gasteiger charge is -2.61. The normalized spacial score (nSPS) is 22.9. The molecule has 6 aromatic carbocycles. The lowest BCUT2D eigenvalue weighted by Crippen LogP contribution is -2.55. The Morgan fingerprint density at radius 2 is 0.889 bits per heavy atom. The predicted octanol–water partition coefficient (Wildman–Crippen LogP) is 11.8. The van der Waals surface area contributed by atoms with Crippen LogP contribution in [0, 0.1) is 35.0 Å². The van der Waals surface area contributed by atoms with Gasteiger partial charge in [-0.15, -0.1) is 0 Å². The van der Waals surface area contributed by atoms with E-state index in [1.165, 1.54) is 71.0 Å². The molecule has 0 radical (unpaired) electrons. The van der Waals surface area contributed by atoms with Crippen LogP contribution in [0.4, 0.5) is 0 Å². The number of hydrogen-bond acceptors (Lipinski definition) is 4. The van der Waals surface area contributed by atoms with Crippen molar-refractivity contribution in [2.75, 3.05) is 0 Å². The molecule has 1 spiro atoms. The van der Waals surface area contributed by atoms with Crippen molar-refractivity contribution in [2.45, 2.75) is 37.5 Å². The fourth-order valence-corrected chi connectivity index (χ4v) is 11.1. The molecular weight excluding hydrogens is 657 g/mol. The Morgan fingerprint density at radius 1 is 0.426 bits per heavy atom. The standard InChI is InChI=1S/C50H38N4/c51-30-31-11-22-45-44(28-31)43-21-20-40(29-46(43)50(45)41-24-32-23-33(26-41)27-42(50)25-32)36-14-12-34(13-15-36)35-16-18-39(19-17-35)49-53-47(37-7-3-1-4-8-37)52-48(54-49)38-9-5-2-6-10-38/h1-22,28-29,32-33,41-42H,23-27H2. The van der Waals surface area contributed by atoms with Gasteiger partial charge in [-0.3, -0.25) is 0 Å². The zero-order valence-corrected chi connectivity index (χ0v) is 30.0. The Kier molecular flexibility index (Phi) is 7.07. The van der Waals surface area contributed by atoms with Crippen molar-refractivity contribution in [3.05, 3.63) is 162 Å². The highest BCUT2D eigenvalue weighted by atomic mass is 15.0. The molecule has 0 N–H and O–H groups in total. The minimum atomic E-state index is 0.0754. The molecule has 4 saturated carbocycles. The summed E-state index contributed by atoms with van der Waals surface area (Å²) in [6.07, 6.45) is 6.82. The van der Waals surface area contributed by atoms with Crippen LogP contribution in [0.3, 0.4) is 0 Å². The van der Waals surface area contributed by atoms with Crippen molar-refractivity contribution >= 4 is 0 Å². The van der Waals surface area contributed by atoms with E-state index in [-0.39, 0.29) is 5.41 Å². The zero-order valence-electron chi connectivity index (χ0n) is 30.0. The monoisotopic (exact) mass is 694 g/mol. The van der Waals surface area contributed by atoms with E-state index in [0.717, 1.165) is 39.7 Å². The summed E-state index contributed by atoms with van der Waals surface area (Å²) in [5, 5.41) is 9.82. The van der Waals surface area contributed by atoms with Gasteiger partial charge in [0, 0.05) is 22.1 Å². The van der Waals surface area contributed by atoms with Crippen LogP contribution in [-0.4, -0.2) is 15.0 Å². The first kappa shape index (κ1) is 31.4. The summed E-state index contributed by atoms with van der Waals surface area (Å²) in [6.45, 7) is 0. The predicted molar refractivity (Wildman–Crippen MR) is 215 cm³/mol. The minimum absolute atomic E-state index is 0.0754. The van der Waals surface area contributed by atoms with E-state index >= 15 is 0 Å². The molecule has 4 nitrogen and oxygen atoms in total. The van der Waals surface area contributed by atoms with Crippen molar-refractivity contribution in [2.24, 2.45) is 23.7 Å². The fourth-order valence-electron chi connectivity index (χ4n) is 11.1. The topological polar surface area (TPSA) is 62.5 Å². The molecule has 4 fully saturated rings. The molecule has 12 rings (SSSR count). The van der Waals surface area contributed by atoms with Crippen molar-refractivity contribution in [1.82, 2.24) is 15.0 Å².